The summed E-state index contributed by atoms with van der Waals surface area (Å²) in [4.78, 5) is 0. The summed E-state index contributed by atoms with van der Waals surface area (Å²) in [5.74, 6) is 0. The van der Waals surface area contributed by atoms with E-state index in [0.717, 1.165) is 0 Å². The molecular formula is C7H16O6S. The molecule has 0 radical (unpaired) electrons. The van der Waals surface area contributed by atoms with Crippen molar-refractivity contribution in [2.24, 2.45) is 0 Å². The summed E-state index contributed by atoms with van der Waals surface area (Å²) in [7, 11) is -4.52. The maximum atomic E-state index is 11.0. The molecule has 0 rings (SSSR count). The molecule has 0 spiro atoms. The Morgan fingerprint density at radius 2 is 1.57 bits per heavy atom. The van der Waals surface area contributed by atoms with Gasteiger partial charge in [0.1, 0.15) is 4.75 Å². The Morgan fingerprint density at radius 1 is 1.21 bits per heavy atom. The summed E-state index contributed by atoms with van der Waals surface area (Å²) in [6.07, 6.45) is -1.99. The molecule has 0 aliphatic rings. The molecule has 0 aliphatic heterocycles. The average Bonchev–Trinajstić information content (AvgIpc) is 2.01. The standard InChI is InChI=1S/C7H16O6S/c1-6(10)7(2-4-8,3-5-9)14(11,12)13/h6,8-10H,2-5H2,1H3,(H,11,12,13). The molecule has 0 heterocycles. The molecule has 6 nitrogen and oxygen atoms in total. The molecule has 0 saturated carbocycles. The van der Waals surface area contributed by atoms with Crippen molar-refractivity contribution in [1.29, 1.82) is 0 Å². The Labute approximate surface area is 82.9 Å². The van der Waals surface area contributed by atoms with Gasteiger partial charge in [-0.15, -0.1) is 0 Å². The normalized spacial score (nSPS) is 15.5. The van der Waals surface area contributed by atoms with E-state index in [2.05, 4.69) is 0 Å². The zero-order valence-electron chi connectivity index (χ0n) is 7.92. The number of rotatable bonds is 6. The van der Waals surface area contributed by atoms with Crippen LogP contribution in [0.3, 0.4) is 0 Å². The molecule has 0 aliphatic carbocycles. The lowest BCUT2D eigenvalue weighted by Crippen LogP contribution is -2.49. The third-order valence-electron chi connectivity index (χ3n) is 2.35. The van der Waals surface area contributed by atoms with E-state index >= 15 is 0 Å². The highest BCUT2D eigenvalue weighted by Crippen LogP contribution is 2.29. The molecular weight excluding hydrogens is 212 g/mol. The molecule has 7 heteroatoms. The lowest BCUT2D eigenvalue weighted by Gasteiger charge is -2.32. The van der Waals surface area contributed by atoms with Crippen LogP contribution in [0.1, 0.15) is 19.8 Å². The molecule has 0 bridgehead atoms. The number of hydrogen-bond donors (Lipinski definition) is 4. The zero-order valence-corrected chi connectivity index (χ0v) is 8.74. The van der Waals surface area contributed by atoms with Gasteiger partial charge in [-0.25, -0.2) is 0 Å². The van der Waals surface area contributed by atoms with Gasteiger partial charge in [0, 0.05) is 13.2 Å². The maximum Gasteiger partial charge on any atom is 0.273 e. The molecule has 1 unspecified atom stereocenters. The van der Waals surface area contributed by atoms with Gasteiger partial charge in [-0.3, -0.25) is 4.55 Å². The SMILES string of the molecule is CC(O)C(CCO)(CCO)S(=O)(=O)O. The Bertz CT molecular complexity index is 251. The van der Waals surface area contributed by atoms with Gasteiger partial charge in [0.2, 0.25) is 0 Å². The van der Waals surface area contributed by atoms with Crippen LogP contribution >= 0.6 is 0 Å². The first kappa shape index (κ1) is 13.8. The van der Waals surface area contributed by atoms with E-state index in [1.807, 2.05) is 0 Å². The largest absolute Gasteiger partial charge is 0.396 e. The van der Waals surface area contributed by atoms with E-state index in [4.69, 9.17) is 14.8 Å². The molecule has 0 aromatic rings. The first-order chi connectivity index (χ1) is 6.31. The van der Waals surface area contributed by atoms with E-state index in [-0.39, 0.29) is 12.8 Å². The first-order valence-electron chi connectivity index (χ1n) is 4.18. The van der Waals surface area contributed by atoms with Crippen LogP contribution in [0.5, 0.6) is 0 Å². The highest BCUT2D eigenvalue weighted by atomic mass is 32.2. The van der Waals surface area contributed by atoms with E-state index in [9.17, 15) is 13.5 Å². The van der Waals surface area contributed by atoms with Crippen LogP contribution in [-0.2, 0) is 10.1 Å². The van der Waals surface area contributed by atoms with Gasteiger partial charge in [0.15, 0.2) is 0 Å². The van der Waals surface area contributed by atoms with Crippen molar-refractivity contribution in [3.8, 4) is 0 Å². The maximum absolute atomic E-state index is 11.0. The van der Waals surface area contributed by atoms with Crippen molar-refractivity contribution < 1.29 is 28.3 Å². The lowest BCUT2D eigenvalue weighted by atomic mass is 9.95. The topological polar surface area (TPSA) is 115 Å². The fourth-order valence-electron chi connectivity index (χ4n) is 1.39. The minimum Gasteiger partial charge on any atom is -0.396 e. The van der Waals surface area contributed by atoms with Crippen LogP contribution in [-0.4, -0.2) is 52.4 Å². The highest BCUT2D eigenvalue weighted by Gasteiger charge is 2.46. The van der Waals surface area contributed by atoms with E-state index in [1.54, 1.807) is 0 Å². The second-order valence-electron chi connectivity index (χ2n) is 3.16. The molecule has 14 heavy (non-hydrogen) atoms. The third kappa shape index (κ3) is 2.64. The van der Waals surface area contributed by atoms with Gasteiger partial charge in [0.25, 0.3) is 10.1 Å². The summed E-state index contributed by atoms with van der Waals surface area (Å²) in [5.41, 5.74) is 0. The van der Waals surface area contributed by atoms with Gasteiger partial charge in [-0.05, 0) is 19.8 Å². The van der Waals surface area contributed by atoms with Crippen molar-refractivity contribution >= 4 is 10.1 Å². The quantitative estimate of drug-likeness (QED) is 0.423. The lowest BCUT2D eigenvalue weighted by molar-refractivity contribution is 0.0965. The van der Waals surface area contributed by atoms with Crippen LogP contribution < -0.4 is 0 Å². The highest BCUT2D eigenvalue weighted by molar-refractivity contribution is 7.87. The van der Waals surface area contributed by atoms with Crippen molar-refractivity contribution in [2.75, 3.05) is 13.2 Å². The second kappa shape index (κ2) is 5.04. The van der Waals surface area contributed by atoms with Gasteiger partial charge in [0.05, 0.1) is 6.10 Å². The van der Waals surface area contributed by atoms with Crippen LogP contribution in [0.4, 0.5) is 0 Å². The summed E-state index contributed by atoms with van der Waals surface area (Å²) < 4.78 is 29.2. The molecule has 86 valence electrons. The fourth-order valence-corrected chi connectivity index (χ4v) is 2.52. The summed E-state index contributed by atoms with van der Waals surface area (Å²) in [6, 6.07) is 0. The van der Waals surface area contributed by atoms with E-state index < -0.39 is 34.2 Å². The molecule has 4 N–H and O–H groups in total. The predicted octanol–water partition coefficient (Wildman–Crippen LogP) is -1.24. The van der Waals surface area contributed by atoms with Crippen LogP contribution in [0, 0.1) is 0 Å². The average molecular weight is 228 g/mol. The molecule has 1 atom stereocenters. The monoisotopic (exact) mass is 228 g/mol. The third-order valence-corrected chi connectivity index (χ3v) is 4.12. The molecule has 0 aromatic carbocycles. The number of aliphatic hydroxyl groups is 3. The van der Waals surface area contributed by atoms with Gasteiger partial charge >= 0.3 is 0 Å². The van der Waals surface area contributed by atoms with Crippen LogP contribution in [0.25, 0.3) is 0 Å². The van der Waals surface area contributed by atoms with Gasteiger partial charge < -0.3 is 15.3 Å². The molecule has 0 aromatic heterocycles. The first-order valence-corrected chi connectivity index (χ1v) is 5.62. The summed E-state index contributed by atoms with van der Waals surface area (Å²) >= 11 is 0. The van der Waals surface area contributed by atoms with Crippen molar-refractivity contribution in [3.05, 3.63) is 0 Å². The summed E-state index contributed by atoms with van der Waals surface area (Å²) in [5, 5.41) is 26.6. The Kier molecular flexibility index (Phi) is 4.96. The van der Waals surface area contributed by atoms with Crippen LogP contribution in [0.15, 0.2) is 0 Å². The predicted molar refractivity (Wildman–Crippen MR) is 49.4 cm³/mol. The van der Waals surface area contributed by atoms with Crippen molar-refractivity contribution in [3.63, 3.8) is 0 Å². The Hall–Kier alpha value is -0.210. The smallest absolute Gasteiger partial charge is 0.273 e. The molecule has 0 fully saturated rings. The van der Waals surface area contributed by atoms with E-state index in [1.165, 1.54) is 6.92 Å². The van der Waals surface area contributed by atoms with Gasteiger partial charge in [-0.1, -0.05) is 0 Å². The number of aliphatic hydroxyl groups excluding tert-OH is 3. The van der Waals surface area contributed by atoms with Crippen LogP contribution in [0.2, 0.25) is 0 Å². The number of hydrogen-bond acceptors (Lipinski definition) is 5. The Morgan fingerprint density at radius 3 is 1.71 bits per heavy atom. The van der Waals surface area contributed by atoms with Crippen molar-refractivity contribution in [1.82, 2.24) is 0 Å². The second-order valence-corrected chi connectivity index (χ2v) is 4.93. The van der Waals surface area contributed by atoms with E-state index in [0.29, 0.717) is 0 Å². The fraction of sp³-hybridized carbons (Fsp3) is 1.00. The molecule has 0 amide bonds. The summed E-state index contributed by atoms with van der Waals surface area (Å²) in [6.45, 7) is 0.203. The molecule has 0 saturated heterocycles. The Balaban J connectivity index is 5.16. The van der Waals surface area contributed by atoms with Crippen molar-refractivity contribution in [2.45, 2.75) is 30.6 Å². The minimum atomic E-state index is -4.52. The minimum absolute atomic E-state index is 0.315. The zero-order chi connectivity index (χ0) is 11.4. The van der Waals surface area contributed by atoms with Gasteiger partial charge in [-0.2, -0.15) is 8.42 Å².